The Morgan fingerprint density at radius 2 is 1.28 bits per heavy atom. The molecule has 0 spiro atoms. The molecule has 1 aliphatic rings. The van der Waals surface area contributed by atoms with Crippen LogP contribution >= 0.6 is 0 Å². The molecule has 0 amide bonds. The molecule has 0 aliphatic heterocycles. The van der Waals surface area contributed by atoms with Gasteiger partial charge in [-0.05, 0) is 126 Å². The normalized spacial score (nSPS) is 26.7. The highest BCUT2D eigenvalue weighted by Gasteiger charge is 2.96. The van der Waals surface area contributed by atoms with E-state index < -0.39 is 46.6 Å². The zero-order valence-corrected chi connectivity index (χ0v) is 36.1. The fraction of sp³-hybridized carbons (Fsp3) is 0.388. The molecule has 6 rings (SSSR count). The van der Waals surface area contributed by atoms with Crippen LogP contribution in [0.2, 0.25) is 0 Å². The predicted molar refractivity (Wildman–Crippen MR) is 225 cm³/mol. The minimum atomic E-state index is -3.07. The van der Waals surface area contributed by atoms with Crippen LogP contribution in [-0.4, -0.2) is 59.8 Å². The van der Waals surface area contributed by atoms with Crippen LogP contribution in [0.15, 0.2) is 133 Å². The van der Waals surface area contributed by atoms with E-state index in [4.69, 9.17) is 42.8 Å². The molecule has 6 unspecified atom stereocenters. The summed E-state index contributed by atoms with van der Waals surface area (Å²) in [6.07, 6.45) is -2.98. The molecule has 0 radical (unpaired) electrons. The van der Waals surface area contributed by atoms with E-state index in [0.717, 1.165) is 11.1 Å². The Labute approximate surface area is 352 Å². The Morgan fingerprint density at radius 3 is 1.85 bits per heavy atom. The van der Waals surface area contributed by atoms with Gasteiger partial charge < -0.3 is 43.0 Å². The number of hydrogen-bond donors (Lipinski definition) is 1. The van der Waals surface area contributed by atoms with Crippen LogP contribution < -0.4 is 18.9 Å². The lowest BCUT2D eigenvalue weighted by molar-refractivity contribution is -0.594. The van der Waals surface area contributed by atoms with Gasteiger partial charge in [0.05, 0.1) is 11.7 Å². The Hall–Kier alpha value is -5.01. The lowest BCUT2D eigenvalue weighted by atomic mass is 9.61. The maximum absolute atomic E-state index is 17.5. The van der Waals surface area contributed by atoms with Gasteiger partial charge in [0.15, 0.2) is 0 Å². The highest BCUT2D eigenvalue weighted by molar-refractivity contribution is 5.44. The van der Waals surface area contributed by atoms with Crippen LogP contribution in [-0.2, 0) is 29.5 Å². The van der Waals surface area contributed by atoms with Crippen molar-refractivity contribution in [2.45, 2.75) is 109 Å². The first-order valence-electron chi connectivity index (χ1n) is 20.2. The van der Waals surface area contributed by atoms with E-state index in [-0.39, 0.29) is 35.2 Å². The van der Waals surface area contributed by atoms with Crippen LogP contribution in [0.4, 0.5) is 4.53 Å². The number of rotatable bonds is 16. The summed E-state index contributed by atoms with van der Waals surface area (Å²) >= 11 is 0. The Balaban J connectivity index is 1.95. The van der Waals surface area contributed by atoms with Crippen LogP contribution in [0.5, 0.6) is 23.0 Å². The number of para-hydroxylation sites is 2. The Kier molecular flexibility index (Phi) is 13.0. The van der Waals surface area contributed by atoms with Crippen molar-refractivity contribution in [1.82, 2.24) is 0 Å². The smallest absolute Gasteiger partial charge is 0.344 e. The summed E-state index contributed by atoms with van der Waals surface area (Å²) in [6, 6.07) is 38.5. The van der Waals surface area contributed by atoms with Gasteiger partial charge >= 0.3 is 17.4 Å². The van der Waals surface area contributed by atoms with E-state index in [1.54, 1.807) is 145 Å². The molecular weight excluding hydrogens is 768 g/mol. The van der Waals surface area contributed by atoms with Crippen LogP contribution in [0, 0.1) is 20.8 Å². The first kappa shape index (κ1) is 44.5. The molecule has 1 fully saturated rings. The van der Waals surface area contributed by atoms with Crippen molar-refractivity contribution < 1.29 is 52.5 Å². The summed E-state index contributed by atoms with van der Waals surface area (Å²) < 4.78 is 74.2. The molecule has 0 saturated heterocycles. The molecule has 0 bridgehead atoms. The third kappa shape index (κ3) is 7.74. The summed E-state index contributed by atoms with van der Waals surface area (Å²) in [5, 5.41) is 14.5. The zero-order valence-electron chi connectivity index (χ0n) is 36.1. The van der Waals surface area contributed by atoms with Gasteiger partial charge in [-0.2, -0.15) is 0 Å². The van der Waals surface area contributed by atoms with Gasteiger partial charge in [0.1, 0.15) is 23.0 Å². The summed E-state index contributed by atoms with van der Waals surface area (Å²) in [5.41, 5.74) is -1.26. The molecule has 1 saturated carbocycles. The minimum absolute atomic E-state index is 0.160. The minimum Gasteiger partial charge on any atom is -0.477 e. The average molecular weight is 825 g/mol. The molecule has 1 aliphatic carbocycles. The first-order valence-corrected chi connectivity index (χ1v) is 20.2. The number of aryl methyl sites for hydroxylation is 3. The summed E-state index contributed by atoms with van der Waals surface area (Å²) in [7, 11) is 1.37. The van der Waals surface area contributed by atoms with Gasteiger partial charge in [-0.1, -0.05) is 96.6 Å². The van der Waals surface area contributed by atoms with Gasteiger partial charge in [0, 0.05) is 13.7 Å². The number of ether oxygens (including phenoxy) is 8. The fourth-order valence-electron chi connectivity index (χ4n) is 8.06. The van der Waals surface area contributed by atoms with E-state index >= 15 is 4.53 Å². The molecule has 5 aromatic carbocycles. The van der Waals surface area contributed by atoms with Gasteiger partial charge in [-0.25, -0.2) is 0 Å². The van der Waals surface area contributed by atoms with Crippen molar-refractivity contribution in [2.75, 3.05) is 13.7 Å². The molecule has 60 heavy (non-hydrogen) atoms. The van der Waals surface area contributed by atoms with Gasteiger partial charge in [-0.15, -0.1) is 4.94 Å². The summed E-state index contributed by atoms with van der Waals surface area (Å²) in [4.78, 5) is 5.40. The Bertz CT molecular complexity index is 2160. The number of aliphatic hydroxyl groups is 1. The monoisotopic (exact) mass is 824 g/mol. The highest BCUT2D eigenvalue weighted by Crippen LogP contribution is 2.66. The molecule has 320 valence electrons. The second kappa shape index (κ2) is 17.5. The van der Waals surface area contributed by atoms with Gasteiger partial charge in [0.2, 0.25) is 11.7 Å². The molecule has 1 N–H and O–H groups in total. The summed E-state index contributed by atoms with van der Waals surface area (Å²) in [5.74, 6) is -10.9. The number of hydrogen-bond acceptors (Lipinski definition) is 10. The maximum atomic E-state index is 17.5. The average Bonchev–Trinajstić information content (AvgIpc) is 3.21. The van der Waals surface area contributed by atoms with Crippen molar-refractivity contribution in [3.05, 3.63) is 156 Å². The second-order valence-electron chi connectivity index (χ2n) is 16.3. The zero-order chi connectivity index (χ0) is 43.4. The largest absolute Gasteiger partial charge is 0.477 e. The highest BCUT2D eigenvalue weighted by atomic mass is 19.3. The fourth-order valence-corrected chi connectivity index (χ4v) is 8.06. The topological polar surface area (TPSA) is 103 Å². The molecule has 6 atom stereocenters. The Morgan fingerprint density at radius 1 is 0.683 bits per heavy atom. The lowest BCUT2D eigenvalue weighted by Gasteiger charge is -2.68. The van der Waals surface area contributed by atoms with Gasteiger partial charge in [0.25, 0.3) is 5.79 Å². The molecule has 10 nitrogen and oxygen atoms in total. The van der Waals surface area contributed by atoms with E-state index in [1.807, 2.05) is 51.1 Å². The first-order chi connectivity index (χ1) is 28.6. The lowest BCUT2D eigenvalue weighted by Crippen LogP contribution is -2.96. The van der Waals surface area contributed by atoms with Crippen LogP contribution in [0.1, 0.15) is 63.8 Å². The number of halogens is 1. The maximum Gasteiger partial charge on any atom is 0.344 e. The van der Waals surface area contributed by atoms with Crippen molar-refractivity contribution in [2.24, 2.45) is 0 Å². The van der Waals surface area contributed by atoms with E-state index in [0.29, 0.717) is 5.56 Å². The van der Waals surface area contributed by atoms with Crippen LogP contribution in [0.25, 0.3) is 0 Å². The number of benzene rings is 5. The number of methoxy groups -OCH3 is 1. The predicted octanol–water partition coefficient (Wildman–Crippen LogP) is 10.1. The van der Waals surface area contributed by atoms with Gasteiger partial charge in [-0.3, -0.25) is 0 Å². The van der Waals surface area contributed by atoms with Crippen molar-refractivity contribution in [3.8, 4) is 23.0 Å². The third-order valence-corrected chi connectivity index (χ3v) is 10.3. The van der Waals surface area contributed by atoms with E-state index in [9.17, 15) is 5.11 Å². The van der Waals surface area contributed by atoms with E-state index in [1.165, 1.54) is 7.11 Å². The van der Waals surface area contributed by atoms with Crippen LogP contribution in [0.3, 0.4) is 0 Å². The van der Waals surface area contributed by atoms with E-state index in [2.05, 4.69) is 0 Å². The molecule has 11 heteroatoms. The SMILES string of the molecule is CCOC1(Oc2cccc(C)c2)C(Oc2ccc(C)cc2)(OC(C)C)C(OF)(OC(C)(C)C)C(Oc2ccccc2)C(O)(Oc2ccccc2C)C1(OC)c1ccccc1. The molecule has 0 aromatic heterocycles. The standard InChI is InChI=1S/C49H57FO10/c1-11-53-48(57-41-27-20-21-36(5)33-41)45(52-10,38-23-14-12-15-24-38)46(51,58-42-28-19-18-22-37(42)6)43(54-39-25-16-13-17-26-39)47(60-50,59-44(7,8)9)49(48,55-34(2)3)56-40-31-29-35(4)30-32-40/h12-34,43,51H,11H2,1-10H3. The summed E-state index contributed by atoms with van der Waals surface area (Å²) in [6.45, 7) is 15.7. The second-order valence-corrected chi connectivity index (χ2v) is 16.3. The molecular formula is C49H57FO10. The van der Waals surface area contributed by atoms with Crippen molar-refractivity contribution >= 4 is 0 Å². The molecule has 0 heterocycles. The van der Waals surface area contributed by atoms with Crippen molar-refractivity contribution in [3.63, 3.8) is 0 Å². The quantitative estimate of drug-likeness (QED) is 0.0968. The third-order valence-electron chi connectivity index (χ3n) is 10.3. The molecule has 5 aromatic rings. The van der Waals surface area contributed by atoms with Crippen molar-refractivity contribution in [1.29, 1.82) is 0 Å².